The summed E-state index contributed by atoms with van der Waals surface area (Å²) >= 11 is 0. The van der Waals surface area contributed by atoms with Crippen LogP contribution in [0.25, 0.3) is 0 Å². The van der Waals surface area contributed by atoms with Gasteiger partial charge in [0.05, 0.1) is 23.8 Å². The smallest absolute Gasteiger partial charge is 0.307 e. The molecule has 5 nitrogen and oxygen atoms in total. The number of carboxylic acid groups (broad SMARTS) is 1. The van der Waals surface area contributed by atoms with Gasteiger partial charge >= 0.3 is 5.97 Å². The fraction of sp³-hybridized carbons (Fsp3) is 0.786. The molecule has 106 valence electrons. The summed E-state index contributed by atoms with van der Waals surface area (Å²) in [7, 11) is 1.65. The molecule has 1 saturated carbocycles. The second-order valence-electron chi connectivity index (χ2n) is 5.55. The van der Waals surface area contributed by atoms with Crippen LogP contribution in [-0.4, -0.2) is 35.5 Å². The molecule has 1 N–H and O–H groups in total. The Balaban J connectivity index is 2.74. The minimum absolute atomic E-state index is 0.134. The molecule has 0 spiro atoms. The van der Waals surface area contributed by atoms with Crippen LogP contribution in [0.5, 0.6) is 0 Å². The third kappa shape index (κ3) is 3.69. The van der Waals surface area contributed by atoms with Crippen LogP contribution in [0.4, 0.5) is 0 Å². The van der Waals surface area contributed by atoms with Crippen LogP contribution in [0.2, 0.25) is 0 Å². The van der Waals surface area contributed by atoms with Gasteiger partial charge in [-0.2, -0.15) is 5.26 Å². The Morgan fingerprint density at radius 2 is 2.00 bits per heavy atom. The average Bonchev–Trinajstić information content (AvgIpc) is 2.81. The Kier molecular flexibility index (Phi) is 5.34. The first kappa shape index (κ1) is 15.5. The normalized spacial score (nSPS) is 27.6. The number of carboxylic acids is 1. The van der Waals surface area contributed by atoms with Crippen molar-refractivity contribution >= 4 is 11.9 Å². The van der Waals surface area contributed by atoms with E-state index in [2.05, 4.69) is 6.07 Å². The molecule has 1 amide bonds. The largest absolute Gasteiger partial charge is 0.481 e. The van der Waals surface area contributed by atoms with E-state index in [0.717, 1.165) is 6.42 Å². The molecule has 4 atom stereocenters. The van der Waals surface area contributed by atoms with E-state index in [-0.39, 0.29) is 11.8 Å². The number of aliphatic carboxylic acids is 1. The summed E-state index contributed by atoms with van der Waals surface area (Å²) in [4.78, 5) is 25.1. The predicted molar refractivity (Wildman–Crippen MR) is 70.0 cm³/mol. The highest BCUT2D eigenvalue weighted by molar-refractivity contribution is 5.85. The topological polar surface area (TPSA) is 81.4 Å². The molecule has 0 saturated heterocycles. The molecular formula is C14H22N2O3. The maximum Gasteiger partial charge on any atom is 0.307 e. The van der Waals surface area contributed by atoms with Crippen LogP contribution in [0.1, 0.15) is 33.1 Å². The van der Waals surface area contributed by atoms with Gasteiger partial charge in [-0.1, -0.05) is 13.3 Å². The maximum absolute atomic E-state index is 12.3. The Morgan fingerprint density at radius 3 is 2.47 bits per heavy atom. The zero-order valence-corrected chi connectivity index (χ0v) is 11.8. The molecule has 0 aromatic carbocycles. The molecule has 1 fully saturated rings. The van der Waals surface area contributed by atoms with E-state index >= 15 is 0 Å². The average molecular weight is 266 g/mol. The molecule has 19 heavy (non-hydrogen) atoms. The number of rotatable bonds is 5. The van der Waals surface area contributed by atoms with Gasteiger partial charge < -0.3 is 10.0 Å². The molecule has 1 aliphatic rings. The lowest BCUT2D eigenvalue weighted by molar-refractivity contribution is -0.148. The monoisotopic (exact) mass is 266 g/mol. The molecule has 0 heterocycles. The van der Waals surface area contributed by atoms with Gasteiger partial charge in [0, 0.05) is 13.6 Å². The summed E-state index contributed by atoms with van der Waals surface area (Å²) in [5.74, 6) is -1.94. The zero-order chi connectivity index (χ0) is 14.6. The molecule has 4 unspecified atom stereocenters. The van der Waals surface area contributed by atoms with Crippen LogP contribution in [0, 0.1) is 35.0 Å². The number of hydrogen-bond acceptors (Lipinski definition) is 3. The molecule has 0 aromatic heterocycles. The zero-order valence-electron chi connectivity index (χ0n) is 11.8. The Morgan fingerprint density at radius 1 is 1.42 bits per heavy atom. The lowest BCUT2D eigenvalue weighted by Crippen LogP contribution is -2.38. The molecular weight excluding hydrogens is 244 g/mol. The van der Waals surface area contributed by atoms with Crippen molar-refractivity contribution in [3.8, 4) is 6.07 Å². The Labute approximate surface area is 114 Å². The third-order valence-electron chi connectivity index (χ3n) is 4.02. The quantitative estimate of drug-likeness (QED) is 0.821. The molecule has 0 aromatic rings. The standard InChI is InChI=1S/C14H22N2O3/c1-4-10-5-11(12(6-10)14(18)19)13(17)16(3)8-9(2)7-15/h9-12H,4-6,8H2,1-3H3,(H,18,19). The number of nitriles is 1. The van der Waals surface area contributed by atoms with Crippen LogP contribution >= 0.6 is 0 Å². The number of carbonyl (C=O) groups is 2. The summed E-state index contributed by atoms with van der Waals surface area (Å²) in [6.07, 6.45) is 2.15. The van der Waals surface area contributed by atoms with E-state index in [0.29, 0.717) is 25.3 Å². The molecule has 0 bridgehead atoms. The van der Waals surface area contributed by atoms with E-state index < -0.39 is 17.8 Å². The van der Waals surface area contributed by atoms with Gasteiger partial charge in [0.2, 0.25) is 5.91 Å². The summed E-state index contributed by atoms with van der Waals surface area (Å²) < 4.78 is 0. The van der Waals surface area contributed by atoms with Crippen molar-refractivity contribution in [3.05, 3.63) is 0 Å². The lowest BCUT2D eigenvalue weighted by Gasteiger charge is -2.24. The van der Waals surface area contributed by atoms with E-state index in [9.17, 15) is 14.7 Å². The van der Waals surface area contributed by atoms with Crippen LogP contribution in [0.3, 0.4) is 0 Å². The molecule has 5 heteroatoms. The van der Waals surface area contributed by atoms with Gasteiger partial charge in [0.1, 0.15) is 0 Å². The molecule has 0 aliphatic heterocycles. The van der Waals surface area contributed by atoms with Gasteiger partial charge in [-0.15, -0.1) is 0 Å². The minimum Gasteiger partial charge on any atom is -0.481 e. The molecule has 1 rings (SSSR count). The van der Waals surface area contributed by atoms with Crippen molar-refractivity contribution in [3.63, 3.8) is 0 Å². The molecule has 0 radical (unpaired) electrons. The van der Waals surface area contributed by atoms with Crippen molar-refractivity contribution in [1.29, 1.82) is 5.26 Å². The third-order valence-corrected chi connectivity index (χ3v) is 4.02. The van der Waals surface area contributed by atoms with Crippen molar-refractivity contribution in [2.24, 2.45) is 23.7 Å². The van der Waals surface area contributed by atoms with E-state index in [1.165, 1.54) is 4.90 Å². The predicted octanol–water partition coefficient (Wildman–Crippen LogP) is 1.74. The number of carbonyl (C=O) groups excluding carboxylic acids is 1. The maximum atomic E-state index is 12.3. The number of hydrogen-bond donors (Lipinski definition) is 1. The van der Waals surface area contributed by atoms with Gasteiger partial charge in [0.25, 0.3) is 0 Å². The fourth-order valence-electron chi connectivity index (χ4n) is 2.85. The van der Waals surface area contributed by atoms with Crippen LogP contribution in [-0.2, 0) is 9.59 Å². The number of amides is 1. The SMILES string of the molecule is CCC1CC(C(=O)O)C(C(=O)N(C)CC(C)C#N)C1. The van der Waals surface area contributed by atoms with E-state index in [1.807, 2.05) is 6.92 Å². The summed E-state index contributed by atoms with van der Waals surface area (Å²) in [6.45, 7) is 4.13. The van der Waals surface area contributed by atoms with Crippen LogP contribution in [0.15, 0.2) is 0 Å². The van der Waals surface area contributed by atoms with E-state index in [4.69, 9.17) is 5.26 Å². The highest BCUT2D eigenvalue weighted by Crippen LogP contribution is 2.39. The lowest BCUT2D eigenvalue weighted by atomic mass is 9.94. The number of nitrogens with zero attached hydrogens (tertiary/aromatic N) is 2. The Bertz CT molecular complexity index is 389. The van der Waals surface area contributed by atoms with Gasteiger partial charge in [-0.05, 0) is 25.7 Å². The van der Waals surface area contributed by atoms with Crippen molar-refractivity contribution in [1.82, 2.24) is 4.90 Å². The van der Waals surface area contributed by atoms with Crippen molar-refractivity contribution in [2.75, 3.05) is 13.6 Å². The Hall–Kier alpha value is -1.57. The second-order valence-corrected chi connectivity index (χ2v) is 5.55. The van der Waals surface area contributed by atoms with Crippen LogP contribution < -0.4 is 0 Å². The summed E-state index contributed by atoms with van der Waals surface area (Å²) in [6, 6.07) is 2.08. The summed E-state index contributed by atoms with van der Waals surface area (Å²) in [5.41, 5.74) is 0. The first-order valence-corrected chi connectivity index (χ1v) is 6.78. The highest BCUT2D eigenvalue weighted by Gasteiger charge is 2.43. The van der Waals surface area contributed by atoms with Crippen molar-refractivity contribution in [2.45, 2.75) is 33.1 Å². The summed E-state index contributed by atoms with van der Waals surface area (Å²) in [5, 5.41) is 18.0. The minimum atomic E-state index is -0.879. The first-order chi connectivity index (χ1) is 8.90. The fourth-order valence-corrected chi connectivity index (χ4v) is 2.85. The van der Waals surface area contributed by atoms with Gasteiger partial charge in [-0.25, -0.2) is 0 Å². The second kappa shape index (κ2) is 6.55. The molecule has 1 aliphatic carbocycles. The van der Waals surface area contributed by atoms with Gasteiger partial charge in [0.15, 0.2) is 0 Å². The first-order valence-electron chi connectivity index (χ1n) is 6.78. The van der Waals surface area contributed by atoms with Gasteiger partial charge in [-0.3, -0.25) is 9.59 Å². The highest BCUT2D eigenvalue weighted by atomic mass is 16.4. The van der Waals surface area contributed by atoms with E-state index in [1.54, 1.807) is 14.0 Å². The van der Waals surface area contributed by atoms with Crippen molar-refractivity contribution < 1.29 is 14.7 Å².